The van der Waals surface area contributed by atoms with E-state index in [4.69, 9.17) is 10.6 Å². The van der Waals surface area contributed by atoms with E-state index in [0.29, 0.717) is 5.56 Å². The van der Waals surface area contributed by atoms with Crippen molar-refractivity contribution in [1.82, 2.24) is 5.43 Å². The summed E-state index contributed by atoms with van der Waals surface area (Å²) >= 11 is 0. The quantitative estimate of drug-likeness (QED) is 0.650. The van der Waals surface area contributed by atoms with Crippen LogP contribution in [0.2, 0.25) is 0 Å². The fourth-order valence-corrected chi connectivity index (χ4v) is 3.37. The van der Waals surface area contributed by atoms with Crippen LogP contribution in [0, 0.1) is 22.6 Å². The zero-order valence-electron chi connectivity index (χ0n) is 12.3. The molecule has 3 nitrogen and oxygen atoms in total. The van der Waals surface area contributed by atoms with E-state index >= 15 is 0 Å². The highest BCUT2D eigenvalue weighted by molar-refractivity contribution is 5.35. The molecule has 0 heterocycles. The van der Waals surface area contributed by atoms with E-state index in [1.165, 1.54) is 7.11 Å². The lowest BCUT2D eigenvalue weighted by molar-refractivity contribution is 0.365. The van der Waals surface area contributed by atoms with E-state index in [-0.39, 0.29) is 34.4 Å². The third kappa shape index (κ3) is 1.94. The summed E-state index contributed by atoms with van der Waals surface area (Å²) < 4.78 is 19.4. The summed E-state index contributed by atoms with van der Waals surface area (Å²) in [6.45, 7) is 8.78. The Morgan fingerprint density at radius 2 is 1.84 bits per heavy atom. The zero-order valence-corrected chi connectivity index (χ0v) is 12.3. The van der Waals surface area contributed by atoms with Crippen LogP contribution in [0.15, 0.2) is 18.2 Å². The van der Waals surface area contributed by atoms with Crippen LogP contribution in [0.4, 0.5) is 4.39 Å². The molecule has 1 aromatic carbocycles. The topological polar surface area (TPSA) is 47.3 Å². The molecule has 1 aliphatic rings. The highest BCUT2D eigenvalue weighted by Gasteiger charge is 2.67. The molecule has 0 spiro atoms. The molecular weight excluding hydrogens is 243 g/mol. The second-order valence-electron chi connectivity index (χ2n) is 6.43. The third-order valence-electron chi connectivity index (χ3n) is 5.19. The molecule has 0 bridgehead atoms. The average molecular weight is 266 g/mol. The highest BCUT2D eigenvalue weighted by atomic mass is 19.1. The van der Waals surface area contributed by atoms with E-state index in [1.807, 2.05) is 0 Å². The maximum atomic E-state index is 14.4. The number of hydrazine groups is 1. The molecule has 4 heteroatoms. The van der Waals surface area contributed by atoms with Crippen LogP contribution in [0.1, 0.15) is 39.3 Å². The second kappa shape index (κ2) is 4.46. The Morgan fingerprint density at radius 3 is 2.26 bits per heavy atom. The second-order valence-corrected chi connectivity index (χ2v) is 6.43. The number of benzene rings is 1. The molecule has 0 aromatic heterocycles. The van der Waals surface area contributed by atoms with Crippen LogP contribution >= 0.6 is 0 Å². The van der Waals surface area contributed by atoms with Crippen LogP contribution < -0.4 is 16.0 Å². The van der Waals surface area contributed by atoms with Crippen molar-refractivity contribution in [3.8, 4) is 5.75 Å². The van der Waals surface area contributed by atoms with E-state index in [9.17, 15) is 4.39 Å². The van der Waals surface area contributed by atoms with Gasteiger partial charge in [-0.05, 0) is 22.8 Å². The Bertz CT molecular complexity index is 471. The van der Waals surface area contributed by atoms with Gasteiger partial charge in [-0.1, -0.05) is 39.8 Å². The van der Waals surface area contributed by atoms with Gasteiger partial charge in [0.2, 0.25) is 0 Å². The summed E-state index contributed by atoms with van der Waals surface area (Å²) in [7, 11) is 1.47. The lowest BCUT2D eigenvalue weighted by Gasteiger charge is -2.20. The van der Waals surface area contributed by atoms with E-state index in [0.717, 1.165) is 0 Å². The number of halogens is 1. The maximum absolute atomic E-state index is 14.4. The van der Waals surface area contributed by atoms with Gasteiger partial charge in [0.05, 0.1) is 13.2 Å². The maximum Gasteiger partial charge on any atom is 0.169 e. The van der Waals surface area contributed by atoms with Gasteiger partial charge in [-0.2, -0.15) is 0 Å². The highest BCUT2D eigenvalue weighted by Crippen LogP contribution is 2.72. The number of ether oxygens (including phenoxy) is 1. The third-order valence-corrected chi connectivity index (χ3v) is 5.19. The predicted octanol–water partition coefficient (Wildman–Crippen LogP) is 3.02. The number of rotatable bonds is 4. The van der Waals surface area contributed by atoms with Gasteiger partial charge in [0.25, 0.3) is 0 Å². The summed E-state index contributed by atoms with van der Waals surface area (Å²) in [5.74, 6) is 5.91. The minimum Gasteiger partial charge on any atom is -0.494 e. The van der Waals surface area contributed by atoms with Gasteiger partial charge in [-0.15, -0.1) is 0 Å². The van der Waals surface area contributed by atoms with E-state index in [2.05, 4.69) is 33.1 Å². The van der Waals surface area contributed by atoms with Crippen molar-refractivity contribution in [3.63, 3.8) is 0 Å². The van der Waals surface area contributed by atoms with Crippen molar-refractivity contribution >= 4 is 0 Å². The molecule has 1 atom stereocenters. The van der Waals surface area contributed by atoms with Crippen molar-refractivity contribution < 1.29 is 9.13 Å². The van der Waals surface area contributed by atoms with Gasteiger partial charge in [-0.3, -0.25) is 11.3 Å². The molecule has 2 rings (SSSR count). The average Bonchev–Trinajstić information content (AvgIpc) is 2.75. The molecule has 3 N–H and O–H groups in total. The predicted molar refractivity (Wildman–Crippen MR) is 74.1 cm³/mol. The van der Waals surface area contributed by atoms with Gasteiger partial charge in [0.15, 0.2) is 11.6 Å². The molecule has 1 unspecified atom stereocenters. The van der Waals surface area contributed by atoms with Gasteiger partial charge >= 0.3 is 0 Å². The van der Waals surface area contributed by atoms with Crippen LogP contribution in [-0.4, -0.2) is 7.11 Å². The van der Waals surface area contributed by atoms with Crippen molar-refractivity contribution in [2.45, 2.75) is 33.7 Å². The molecule has 0 saturated heterocycles. The van der Waals surface area contributed by atoms with Gasteiger partial charge < -0.3 is 4.74 Å². The molecule has 0 amide bonds. The smallest absolute Gasteiger partial charge is 0.169 e. The summed E-state index contributed by atoms with van der Waals surface area (Å²) in [6.07, 6.45) is 0. The summed E-state index contributed by atoms with van der Waals surface area (Å²) in [6, 6.07) is 4.98. The molecule has 19 heavy (non-hydrogen) atoms. The minimum absolute atomic E-state index is 0.125. The largest absolute Gasteiger partial charge is 0.494 e. The first-order valence-electron chi connectivity index (χ1n) is 6.57. The number of nitrogens with two attached hydrogens (primary N) is 1. The first-order chi connectivity index (χ1) is 8.79. The summed E-state index contributed by atoms with van der Waals surface area (Å²) in [5.41, 5.74) is 3.61. The summed E-state index contributed by atoms with van der Waals surface area (Å²) in [4.78, 5) is 0. The van der Waals surface area contributed by atoms with Crippen LogP contribution in [-0.2, 0) is 0 Å². The molecule has 1 aromatic rings. The Labute approximate surface area is 114 Å². The molecule has 106 valence electrons. The number of methoxy groups -OCH3 is 1. The number of hydrogen-bond acceptors (Lipinski definition) is 3. The van der Waals surface area contributed by atoms with Crippen molar-refractivity contribution in [2.75, 3.05) is 7.11 Å². The molecule has 1 fully saturated rings. The van der Waals surface area contributed by atoms with Crippen molar-refractivity contribution in [2.24, 2.45) is 22.6 Å². The first kappa shape index (κ1) is 14.3. The van der Waals surface area contributed by atoms with Gasteiger partial charge in [0.1, 0.15) is 0 Å². The lowest BCUT2D eigenvalue weighted by Crippen LogP contribution is -2.32. The molecule has 0 radical (unpaired) electrons. The minimum atomic E-state index is -0.327. The SMILES string of the molecule is COc1cccc(C(NN)C2C(C)(C)C2(C)C)c1F. The van der Waals surface area contributed by atoms with Crippen LogP contribution in [0.3, 0.4) is 0 Å². The Kier molecular flexibility index (Phi) is 3.35. The van der Waals surface area contributed by atoms with E-state index in [1.54, 1.807) is 18.2 Å². The monoisotopic (exact) mass is 266 g/mol. The van der Waals surface area contributed by atoms with Crippen molar-refractivity contribution in [3.05, 3.63) is 29.6 Å². The normalized spacial score (nSPS) is 22.1. The number of nitrogens with one attached hydrogen (secondary N) is 1. The Morgan fingerprint density at radius 1 is 1.26 bits per heavy atom. The lowest BCUT2D eigenvalue weighted by atomic mass is 9.96. The van der Waals surface area contributed by atoms with Gasteiger partial charge in [-0.25, -0.2) is 4.39 Å². The fraction of sp³-hybridized carbons (Fsp3) is 0.600. The van der Waals surface area contributed by atoms with Crippen molar-refractivity contribution in [1.29, 1.82) is 0 Å². The fourth-order valence-electron chi connectivity index (χ4n) is 3.37. The Hall–Kier alpha value is -1.13. The van der Waals surface area contributed by atoms with E-state index < -0.39 is 0 Å². The number of hydrogen-bond donors (Lipinski definition) is 2. The summed E-state index contributed by atoms with van der Waals surface area (Å²) in [5, 5.41) is 0. The molecular formula is C15H23FN2O. The molecule has 1 saturated carbocycles. The van der Waals surface area contributed by atoms with Crippen LogP contribution in [0.25, 0.3) is 0 Å². The zero-order chi connectivity index (χ0) is 14.4. The Balaban J connectivity index is 2.40. The molecule has 0 aliphatic heterocycles. The first-order valence-corrected chi connectivity index (χ1v) is 6.57. The molecule has 1 aliphatic carbocycles. The standard InChI is InChI=1S/C15H23FN2O/c1-14(2)13(15(14,3)4)12(18-17)9-7-6-8-10(19-5)11(9)16/h6-8,12-13,18H,17H2,1-5H3. The van der Waals surface area contributed by atoms with Gasteiger partial charge in [0, 0.05) is 5.56 Å². The van der Waals surface area contributed by atoms with Crippen LogP contribution in [0.5, 0.6) is 5.75 Å².